The van der Waals surface area contributed by atoms with Crippen LogP contribution in [0.2, 0.25) is 0 Å². The maximum Gasteiger partial charge on any atom is 0.0521 e. The third-order valence-electron chi connectivity index (χ3n) is 2.86. The summed E-state index contributed by atoms with van der Waals surface area (Å²) in [7, 11) is 0. The number of rotatable bonds is 10. The summed E-state index contributed by atoms with van der Waals surface area (Å²) in [5, 5.41) is 7.75. The Morgan fingerprint density at radius 2 is 2.12 bits per heavy atom. The van der Waals surface area contributed by atoms with Crippen molar-refractivity contribution in [1.29, 1.82) is 0 Å². The van der Waals surface area contributed by atoms with Crippen LogP contribution < -0.4 is 5.32 Å². The number of thioether (sulfide) groups is 1. The first-order chi connectivity index (χ1) is 8.38. The van der Waals surface area contributed by atoms with E-state index in [0.717, 1.165) is 19.6 Å². The third-order valence-corrected chi connectivity index (χ3v) is 3.56. The van der Waals surface area contributed by atoms with Crippen molar-refractivity contribution in [1.82, 2.24) is 15.1 Å². The first-order valence-corrected chi connectivity index (χ1v) is 7.98. The zero-order chi connectivity index (χ0) is 12.3. The van der Waals surface area contributed by atoms with Crippen LogP contribution in [0.1, 0.15) is 38.3 Å². The van der Waals surface area contributed by atoms with Crippen LogP contribution in [0.3, 0.4) is 0 Å². The SMILES string of the molecule is CCn1nccc1CNCCCCCCSC. The number of hydrogen-bond acceptors (Lipinski definition) is 3. The average Bonchev–Trinajstić information content (AvgIpc) is 2.80. The molecule has 0 saturated carbocycles. The van der Waals surface area contributed by atoms with E-state index < -0.39 is 0 Å². The van der Waals surface area contributed by atoms with Gasteiger partial charge in [0.05, 0.1) is 5.69 Å². The van der Waals surface area contributed by atoms with Crippen LogP contribution in [0.4, 0.5) is 0 Å². The minimum absolute atomic E-state index is 0.943. The highest BCUT2D eigenvalue weighted by molar-refractivity contribution is 7.98. The van der Waals surface area contributed by atoms with Crippen LogP contribution in [0.5, 0.6) is 0 Å². The molecule has 1 N–H and O–H groups in total. The Morgan fingerprint density at radius 3 is 2.88 bits per heavy atom. The highest BCUT2D eigenvalue weighted by Crippen LogP contribution is 2.04. The molecule has 0 aliphatic rings. The van der Waals surface area contributed by atoms with Gasteiger partial charge in [0.2, 0.25) is 0 Å². The maximum atomic E-state index is 4.26. The Balaban J connectivity index is 1.97. The van der Waals surface area contributed by atoms with Gasteiger partial charge in [-0.05, 0) is 44.4 Å². The van der Waals surface area contributed by atoms with Crippen molar-refractivity contribution in [3.8, 4) is 0 Å². The highest BCUT2D eigenvalue weighted by Gasteiger charge is 1.99. The lowest BCUT2D eigenvalue weighted by Gasteiger charge is -2.06. The van der Waals surface area contributed by atoms with E-state index in [9.17, 15) is 0 Å². The van der Waals surface area contributed by atoms with Crippen LogP contribution in [0.25, 0.3) is 0 Å². The van der Waals surface area contributed by atoms with Gasteiger partial charge in [-0.3, -0.25) is 4.68 Å². The molecular formula is C13H25N3S. The summed E-state index contributed by atoms with van der Waals surface area (Å²) in [4.78, 5) is 0. The van der Waals surface area contributed by atoms with Crippen LogP contribution >= 0.6 is 11.8 Å². The molecular weight excluding hydrogens is 230 g/mol. The van der Waals surface area contributed by atoms with E-state index in [-0.39, 0.29) is 0 Å². The quantitative estimate of drug-likeness (QED) is 0.652. The van der Waals surface area contributed by atoms with Gasteiger partial charge in [0, 0.05) is 19.3 Å². The number of aryl methyl sites for hydroxylation is 1. The van der Waals surface area contributed by atoms with Gasteiger partial charge in [0.25, 0.3) is 0 Å². The van der Waals surface area contributed by atoms with Crippen molar-refractivity contribution < 1.29 is 0 Å². The number of nitrogens with zero attached hydrogens (tertiary/aromatic N) is 2. The van der Waals surface area contributed by atoms with Gasteiger partial charge < -0.3 is 5.32 Å². The van der Waals surface area contributed by atoms with Gasteiger partial charge >= 0.3 is 0 Å². The van der Waals surface area contributed by atoms with Crippen molar-refractivity contribution >= 4 is 11.8 Å². The molecule has 1 aromatic heterocycles. The van der Waals surface area contributed by atoms with Gasteiger partial charge in [-0.1, -0.05) is 12.8 Å². The molecule has 0 radical (unpaired) electrons. The number of unbranched alkanes of at least 4 members (excludes halogenated alkanes) is 3. The van der Waals surface area contributed by atoms with Crippen molar-refractivity contribution in [3.63, 3.8) is 0 Å². The van der Waals surface area contributed by atoms with E-state index in [2.05, 4.69) is 29.7 Å². The summed E-state index contributed by atoms with van der Waals surface area (Å²) >= 11 is 1.95. The van der Waals surface area contributed by atoms with Gasteiger partial charge in [-0.15, -0.1) is 0 Å². The number of aromatic nitrogens is 2. The molecule has 0 bridgehead atoms. The summed E-state index contributed by atoms with van der Waals surface area (Å²) < 4.78 is 2.05. The Bertz CT molecular complexity index is 286. The Morgan fingerprint density at radius 1 is 1.29 bits per heavy atom. The molecule has 0 fully saturated rings. The largest absolute Gasteiger partial charge is 0.311 e. The number of nitrogens with one attached hydrogen (secondary N) is 1. The van der Waals surface area contributed by atoms with E-state index in [0.29, 0.717) is 0 Å². The third kappa shape index (κ3) is 6.13. The molecule has 0 aromatic carbocycles. The fourth-order valence-electron chi connectivity index (χ4n) is 1.86. The summed E-state index contributed by atoms with van der Waals surface area (Å²) in [6, 6.07) is 2.09. The van der Waals surface area contributed by atoms with Gasteiger partial charge in [0.1, 0.15) is 0 Å². The highest BCUT2D eigenvalue weighted by atomic mass is 32.2. The molecule has 17 heavy (non-hydrogen) atoms. The zero-order valence-electron chi connectivity index (χ0n) is 11.1. The summed E-state index contributed by atoms with van der Waals surface area (Å²) in [5.74, 6) is 1.31. The predicted molar refractivity (Wildman–Crippen MR) is 76.5 cm³/mol. The molecule has 0 unspecified atom stereocenters. The molecule has 0 amide bonds. The predicted octanol–water partition coefficient (Wildman–Crippen LogP) is 2.92. The van der Waals surface area contributed by atoms with E-state index in [1.54, 1.807) is 0 Å². The van der Waals surface area contributed by atoms with Crippen LogP contribution in [-0.2, 0) is 13.1 Å². The van der Waals surface area contributed by atoms with Crippen molar-refractivity contribution in [2.75, 3.05) is 18.6 Å². The molecule has 0 aliphatic carbocycles. The molecule has 0 spiro atoms. The lowest BCUT2D eigenvalue weighted by atomic mass is 10.2. The summed E-state index contributed by atoms with van der Waals surface area (Å²) in [6.07, 6.45) is 9.43. The van der Waals surface area contributed by atoms with Crippen molar-refractivity contribution in [2.45, 2.75) is 45.7 Å². The monoisotopic (exact) mass is 255 g/mol. The van der Waals surface area contributed by atoms with E-state index in [4.69, 9.17) is 0 Å². The Labute approximate surface area is 109 Å². The standard InChI is InChI=1S/C13H25N3S/c1-3-16-13(8-10-15-16)12-14-9-6-4-5-7-11-17-2/h8,10,14H,3-7,9,11-12H2,1-2H3. The molecule has 1 aromatic rings. The second-order valence-electron chi connectivity index (χ2n) is 4.22. The minimum atomic E-state index is 0.943. The summed E-state index contributed by atoms with van der Waals surface area (Å²) in [5.41, 5.74) is 1.29. The average molecular weight is 255 g/mol. The van der Waals surface area contributed by atoms with E-state index in [1.807, 2.05) is 22.6 Å². The van der Waals surface area contributed by atoms with E-state index in [1.165, 1.54) is 37.1 Å². The van der Waals surface area contributed by atoms with Crippen LogP contribution in [0, 0.1) is 0 Å². The number of hydrogen-bond donors (Lipinski definition) is 1. The fourth-order valence-corrected chi connectivity index (χ4v) is 2.35. The molecule has 4 heteroatoms. The smallest absolute Gasteiger partial charge is 0.0521 e. The van der Waals surface area contributed by atoms with Gasteiger partial charge in [-0.25, -0.2) is 0 Å². The first kappa shape index (κ1) is 14.6. The minimum Gasteiger partial charge on any atom is -0.311 e. The van der Waals surface area contributed by atoms with Crippen LogP contribution in [-0.4, -0.2) is 28.3 Å². The zero-order valence-corrected chi connectivity index (χ0v) is 11.9. The van der Waals surface area contributed by atoms with Crippen molar-refractivity contribution in [2.24, 2.45) is 0 Å². The Hall–Kier alpha value is -0.480. The van der Waals surface area contributed by atoms with Crippen LogP contribution in [0.15, 0.2) is 12.3 Å². The van der Waals surface area contributed by atoms with E-state index >= 15 is 0 Å². The molecule has 0 saturated heterocycles. The molecule has 1 rings (SSSR count). The maximum absolute atomic E-state index is 4.26. The second-order valence-corrected chi connectivity index (χ2v) is 5.21. The molecule has 98 valence electrons. The first-order valence-electron chi connectivity index (χ1n) is 6.58. The Kier molecular flexibility index (Phi) is 8.18. The second kappa shape index (κ2) is 9.54. The van der Waals surface area contributed by atoms with Gasteiger partial charge in [-0.2, -0.15) is 16.9 Å². The lowest BCUT2D eigenvalue weighted by molar-refractivity contribution is 0.558. The topological polar surface area (TPSA) is 29.9 Å². The normalized spacial score (nSPS) is 10.9. The molecule has 0 atom stereocenters. The summed E-state index contributed by atoms with van der Waals surface area (Å²) in [6.45, 7) is 5.15. The molecule has 0 aliphatic heterocycles. The lowest BCUT2D eigenvalue weighted by Crippen LogP contribution is -2.17. The van der Waals surface area contributed by atoms with Crippen molar-refractivity contribution in [3.05, 3.63) is 18.0 Å². The van der Waals surface area contributed by atoms with Gasteiger partial charge in [0.15, 0.2) is 0 Å². The molecule has 1 heterocycles. The fraction of sp³-hybridized carbons (Fsp3) is 0.769. The molecule has 3 nitrogen and oxygen atoms in total.